The minimum atomic E-state index is -2.41. The van der Waals surface area contributed by atoms with Gasteiger partial charge in [-0.1, -0.05) is 5.21 Å². The van der Waals surface area contributed by atoms with Crippen molar-refractivity contribution >= 4 is 0 Å². The van der Waals surface area contributed by atoms with Crippen LogP contribution < -0.4 is 5.32 Å². The summed E-state index contributed by atoms with van der Waals surface area (Å²) in [4.78, 5) is 0. The van der Waals surface area contributed by atoms with Crippen LogP contribution in [0.4, 0.5) is 8.78 Å². The molecule has 0 aromatic carbocycles. The second-order valence-corrected chi connectivity index (χ2v) is 4.41. The Hall–Kier alpha value is -1.08. The third-order valence-corrected chi connectivity index (χ3v) is 3.11. The van der Waals surface area contributed by atoms with Crippen LogP contribution in [-0.2, 0) is 17.8 Å². The van der Waals surface area contributed by atoms with E-state index >= 15 is 0 Å². The molecule has 0 radical (unpaired) electrons. The Bertz CT molecular complexity index is 377. The van der Waals surface area contributed by atoms with E-state index in [1.807, 2.05) is 0 Å². The number of nitrogens with zero attached hydrogens (tertiary/aromatic N) is 3. The van der Waals surface area contributed by atoms with Gasteiger partial charge in [-0.2, -0.15) is 0 Å². The van der Waals surface area contributed by atoms with Gasteiger partial charge in [-0.15, -0.1) is 5.10 Å². The number of rotatable bonds is 5. The standard InChI is InChI=1S/C11H18F2N4O/c1-14-6-9-11(8-2-4-18-5-3-8)17(16-15-9)7-10(12)13/h8,10,14H,2-7H2,1H3. The maximum Gasteiger partial charge on any atom is 0.257 e. The van der Waals surface area contributed by atoms with Crippen molar-refractivity contribution < 1.29 is 13.5 Å². The van der Waals surface area contributed by atoms with E-state index in [0.29, 0.717) is 19.8 Å². The topological polar surface area (TPSA) is 52.0 Å². The van der Waals surface area contributed by atoms with Crippen LogP contribution in [0.5, 0.6) is 0 Å². The van der Waals surface area contributed by atoms with E-state index in [4.69, 9.17) is 4.74 Å². The molecule has 1 aromatic heterocycles. The Balaban J connectivity index is 2.23. The number of alkyl halides is 2. The van der Waals surface area contributed by atoms with E-state index in [2.05, 4.69) is 15.6 Å². The maximum atomic E-state index is 12.5. The highest BCUT2D eigenvalue weighted by atomic mass is 19.3. The van der Waals surface area contributed by atoms with Crippen LogP contribution in [-0.4, -0.2) is 41.7 Å². The Morgan fingerprint density at radius 1 is 1.44 bits per heavy atom. The Kier molecular flexibility index (Phi) is 4.60. The van der Waals surface area contributed by atoms with Crippen molar-refractivity contribution in [2.24, 2.45) is 0 Å². The predicted molar refractivity (Wildman–Crippen MR) is 61.6 cm³/mol. The molecule has 18 heavy (non-hydrogen) atoms. The maximum absolute atomic E-state index is 12.5. The summed E-state index contributed by atoms with van der Waals surface area (Å²) in [6, 6.07) is 0. The van der Waals surface area contributed by atoms with E-state index in [1.165, 1.54) is 4.68 Å². The minimum absolute atomic E-state index is 0.218. The van der Waals surface area contributed by atoms with Gasteiger partial charge in [-0.25, -0.2) is 13.5 Å². The monoisotopic (exact) mass is 260 g/mol. The molecule has 1 aliphatic heterocycles. The van der Waals surface area contributed by atoms with Crippen LogP contribution in [0.1, 0.15) is 30.1 Å². The number of hydrogen-bond acceptors (Lipinski definition) is 4. The summed E-state index contributed by atoms with van der Waals surface area (Å²) in [6.07, 6.45) is -0.728. The van der Waals surface area contributed by atoms with Gasteiger partial charge in [-0.3, -0.25) is 0 Å². The molecule has 1 saturated heterocycles. The van der Waals surface area contributed by atoms with E-state index in [9.17, 15) is 8.78 Å². The van der Waals surface area contributed by atoms with Crippen molar-refractivity contribution in [1.29, 1.82) is 0 Å². The third-order valence-electron chi connectivity index (χ3n) is 3.11. The van der Waals surface area contributed by atoms with Gasteiger partial charge in [0.05, 0.1) is 11.4 Å². The van der Waals surface area contributed by atoms with Gasteiger partial charge < -0.3 is 10.1 Å². The van der Waals surface area contributed by atoms with E-state index in [0.717, 1.165) is 24.2 Å². The van der Waals surface area contributed by atoms with Gasteiger partial charge in [0.15, 0.2) is 0 Å². The molecule has 2 heterocycles. The second kappa shape index (κ2) is 6.19. The lowest BCUT2D eigenvalue weighted by molar-refractivity contribution is 0.0806. The average Bonchev–Trinajstić information content (AvgIpc) is 2.73. The van der Waals surface area contributed by atoms with Crippen LogP contribution in [0.15, 0.2) is 0 Å². The van der Waals surface area contributed by atoms with Crippen LogP contribution in [0, 0.1) is 0 Å². The van der Waals surface area contributed by atoms with Crippen LogP contribution in [0.25, 0.3) is 0 Å². The minimum Gasteiger partial charge on any atom is -0.381 e. The molecule has 0 aliphatic carbocycles. The van der Waals surface area contributed by atoms with Gasteiger partial charge in [0.25, 0.3) is 6.43 Å². The molecule has 1 aromatic rings. The number of nitrogens with one attached hydrogen (secondary N) is 1. The highest BCUT2D eigenvalue weighted by Gasteiger charge is 2.25. The Labute approximate surface area is 104 Å². The molecule has 2 rings (SSSR count). The number of hydrogen-bond donors (Lipinski definition) is 1. The smallest absolute Gasteiger partial charge is 0.257 e. The molecule has 0 bridgehead atoms. The third kappa shape index (κ3) is 3.02. The van der Waals surface area contributed by atoms with Gasteiger partial charge in [-0.05, 0) is 19.9 Å². The molecule has 0 saturated carbocycles. The molecule has 1 aliphatic rings. The quantitative estimate of drug-likeness (QED) is 0.863. The van der Waals surface area contributed by atoms with E-state index < -0.39 is 6.43 Å². The summed E-state index contributed by atoms with van der Waals surface area (Å²) in [5, 5.41) is 10.9. The van der Waals surface area contributed by atoms with Crippen LogP contribution in [0.2, 0.25) is 0 Å². The van der Waals surface area contributed by atoms with E-state index in [-0.39, 0.29) is 12.5 Å². The van der Waals surface area contributed by atoms with Gasteiger partial charge in [0.2, 0.25) is 0 Å². The first-order valence-corrected chi connectivity index (χ1v) is 6.15. The zero-order valence-corrected chi connectivity index (χ0v) is 10.4. The fraction of sp³-hybridized carbons (Fsp3) is 0.818. The predicted octanol–water partition coefficient (Wildman–Crippen LogP) is 1.16. The lowest BCUT2D eigenvalue weighted by atomic mass is 9.94. The molecule has 0 amide bonds. The van der Waals surface area contributed by atoms with Crippen molar-refractivity contribution in [3.63, 3.8) is 0 Å². The van der Waals surface area contributed by atoms with Gasteiger partial charge in [0, 0.05) is 25.7 Å². The molecule has 7 heteroatoms. The Morgan fingerprint density at radius 2 is 2.17 bits per heavy atom. The summed E-state index contributed by atoms with van der Waals surface area (Å²) in [5.74, 6) is 0.218. The molecule has 102 valence electrons. The van der Waals surface area contributed by atoms with Crippen LogP contribution in [0.3, 0.4) is 0 Å². The number of halogens is 2. The molecule has 0 spiro atoms. The molecular formula is C11H18F2N4O. The SMILES string of the molecule is CNCc1nnn(CC(F)F)c1C1CCOCC1. The summed E-state index contributed by atoms with van der Waals surface area (Å²) in [7, 11) is 1.81. The molecule has 1 N–H and O–H groups in total. The van der Waals surface area contributed by atoms with Crippen molar-refractivity contribution in [1.82, 2.24) is 20.3 Å². The fourth-order valence-corrected chi connectivity index (χ4v) is 2.33. The van der Waals surface area contributed by atoms with Gasteiger partial charge >= 0.3 is 0 Å². The first-order valence-electron chi connectivity index (χ1n) is 6.15. The van der Waals surface area contributed by atoms with E-state index in [1.54, 1.807) is 7.05 Å². The zero-order valence-electron chi connectivity index (χ0n) is 10.4. The second-order valence-electron chi connectivity index (χ2n) is 4.41. The summed E-state index contributed by atoms with van der Waals surface area (Å²) >= 11 is 0. The van der Waals surface area contributed by atoms with Gasteiger partial charge in [0.1, 0.15) is 6.54 Å². The fourth-order valence-electron chi connectivity index (χ4n) is 2.33. The molecule has 1 fully saturated rings. The molecular weight excluding hydrogens is 242 g/mol. The normalized spacial score (nSPS) is 17.6. The first kappa shape index (κ1) is 13.4. The first-order chi connectivity index (χ1) is 8.72. The summed E-state index contributed by atoms with van der Waals surface area (Å²) < 4.78 is 31.7. The molecule has 0 atom stereocenters. The Morgan fingerprint density at radius 3 is 2.78 bits per heavy atom. The molecule has 5 nitrogen and oxygen atoms in total. The molecule has 0 unspecified atom stereocenters. The highest BCUT2D eigenvalue weighted by molar-refractivity contribution is 5.16. The summed E-state index contributed by atoms with van der Waals surface area (Å²) in [6.45, 7) is 1.51. The van der Waals surface area contributed by atoms with Crippen molar-refractivity contribution in [3.05, 3.63) is 11.4 Å². The van der Waals surface area contributed by atoms with Crippen molar-refractivity contribution in [3.8, 4) is 0 Å². The number of aromatic nitrogens is 3. The van der Waals surface area contributed by atoms with Crippen molar-refractivity contribution in [2.45, 2.75) is 38.3 Å². The largest absolute Gasteiger partial charge is 0.381 e. The zero-order chi connectivity index (χ0) is 13.0. The lowest BCUT2D eigenvalue weighted by Gasteiger charge is -2.23. The number of ether oxygens (including phenoxy) is 1. The summed E-state index contributed by atoms with van der Waals surface area (Å²) in [5.41, 5.74) is 1.61. The average molecular weight is 260 g/mol. The lowest BCUT2D eigenvalue weighted by Crippen LogP contribution is -2.21. The van der Waals surface area contributed by atoms with Crippen molar-refractivity contribution in [2.75, 3.05) is 20.3 Å². The highest BCUT2D eigenvalue weighted by Crippen LogP contribution is 2.28. The van der Waals surface area contributed by atoms with Crippen LogP contribution >= 0.6 is 0 Å².